The maximum absolute atomic E-state index is 5.72. The molecule has 1 rings (SSSR count). The second-order valence-electron chi connectivity index (χ2n) is 3.59. The van der Waals surface area contributed by atoms with E-state index in [9.17, 15) is 0 Å². The van der Waals surface area contributed by atoms with Gasteiger partial charge in [-0.2, -0.15) is 11.8 Å². The van der Waals surface area contributed by atoms with E-state index >= 15 is 0 Å². The average molecular weight is 215 g/mol. The fraction of sp³-hybridized carbons (Fsp3) is 0.900. The molecule has 0 spiro atoms. The molecule has 0 aromatic rings. The molecule has 0 aromatic carbocycles. The van der Waals surface area contributed by atoms with Crippen LogP contribution in [0, 0.1) is 0 Å². The number of nitrogens with two attached hydrogens (primary N) is 1. The first-order valence-corrected chi connectivity index (χ1v) is 6.49. The van der Waals surface area contributed by atoms with Gasteiger partial charge in [-0.15, -0.1) is 0 Å². The SMILES string of the molecule is CCN=C(N)NC1CCC(SCC)C1. The summed E-state index contributed by atoms with van der Waals surface area (Å²) in [5.74, 6) is 1.83. The molecule has 0 saturated heterocycles. The zero-order valence-corrected chi connectivity index (χ0v) is 9.94. The first-order chi connectivity index (χ1) is 6.76. The number of nitrogens with zero attached hydrogens (tertiary/aromatic N) is 1. The van der Waals surface area contributed by atoms with Crippen molar-refractivity contribution >= 4 is 17.7 Å². The predicted molar refractivity (Wildman–Crippen MR) is 64.9 cm³/mol. The highest BCUT2D eigenvalue weighted by atomic mass is 32.2. The highest BCUT2D eigenvalue weighted by molar-refractivity contribution is 7.99. The molecule has 0 aromatic heterocycles. The van der Waals surface area contributed by atoms with Crippen molar-refractivity contribution in [3.63, 3.8) is 0 Å². The maximum atomic E-state index is 5.72. The summed E-state index contributed by atoms with van der Waals surface area (Å²) in [6.45, 7) is 4.98. The van der Waals surface area contributed by atoms with Crippen LogP contribution in [0.15, 0.2) is 4.99 Å². The molecule has 2 unspecified atom stereocenters. The quantitative estimate of drug-likeness (QED) is 0.553. The van der Waals surface area contributed by atoms with Crippen LogP contribution < -0.4 is 11.1 Å². The Bertz CT molecular complexity index is 194. The summed E-state index contributed by atoms with van der Waals surface area (Å²) < 4.78 is 0. The minimum atomic E-state index is 0.550. The zero-order chi connectivity index (χ0) is 10.4. The van der Waals surface area contributed by atoms with Crippen molar-refractivity contribution in [3.8, 4) is 0 Å². The molecule has 4 heteroatoms. The number of hydrogen-bond donors (Lipinski definition) is 2. The van der Waals surface area contributed by atoms with Crippen molar-refractivity contribution in [1.82, 2.24) is 5.32 Å². The van der Waals surface area contributed by atoms with Crippen LogP contribution in [0.3, 0.4) is 0 Å². The Morgan fingerprint density at radius 1 is 1.50 bits per heavy atom. The summed E-state index contributed by atoms with van der Waals surface area (Å²) in [6.07, 6.45) is 3.78. The fourth-order valence-corrected chi connectivity index (χ4v) is 3.03. The average Bonchev–Trinajstić information content (AvgIpc) is 2.53. The molecule has 3 nitrogen and oxygen atoms in total. The summed E-state index contributed by atoms with van der Waals surface area (Å²) in [5.41, 5.74) is 5.72. The van der Waals surface area contributed by atoms with Crippen molar-refractivity contribution in [1.29, 1.82) is 0 Å². The molecule has 0 amide bonds. The fourth-order valence-electron chi connectivity index (χ4n) is 1.88. The van der Waals surface area contributed by atoms with E-state index < -0.39 is 0 Å². The molecule has 1 aliphatic carbocycles. The number of thioether (sulfide) groups is 1. The van der Waals surface area contributed by atoms with Crippen LogP contribution in [-0.4, -0.2) is 29.5 Å². The highest BCUT2D eigenvalue weighted by Gasteiger charge is 2.24. The van der Waals surface area contributed by atoms with Gasteiger partial charge in [0.05, 0.1) is 0 Å². The van der Waals surface area contributed by atoms with Crippen LogP contribution in [0.25, 0.3) is 0 Å². The van der Waals surface area contributed by atoms with Crippen molar-refractivity contribution in [2.24, 2.45) is 10.7 Å². The van der Waals surface area contributed by atoms with Gasteiger partial charge in [-0.1, -0.05) is 6.92 Å². The topological polar surface area (TPSA) is 50.4 Å². The summed E-state index contributed by atoms with van der Waals surface area (Å²) in [6, 6.07) is 0.550. The Morgan fingerprint density at radius 3 is 2.93 bits per heavy atom. The van der Waals surface area contributed by atoms with Gasteiger partial charge >= 0.3 is 0 Å². The third-order valence-corrected chi connectivity index (χ3v) is 3.70. The lowest BCUT2D eigenvalue weighted by Gasteiger charge is -2.13. The summed E-state index contributed by atoms with van der Waals surface area (Å²) in [7, 11) is 0. The molecule has 0 aliphatic heterocycles. The summed E-state index contributed by atoms with van der Waals surface area (Å²) in [4.78, 5) is 4.14. The van der Waals surface area contributed by atoms with Gasteiger partial charge in [0.2, 0.25) is 0 Å². The summed E-state index contributed by atoms with van der Waals surface area (Å²) >= 11 is 2.06. The number of nitrogens with one attached hydrogen (secondary N) is 1. The normalized spacial score (nSPS) is 28.0. The Morgan fingerprint density at radius 2 is 2.29 bits per heavy atom. The van der Waals surface area contributed by atoms with Crippen LogP contribution >= 0.6 is 11.8 Å². The molecular formula is C10H21N3S. The van der Waals surface area contributed by atoms with Gasteiger partial charge in [0.1, 0.15) is 0 Å². The van der Waals surface area contributed by atoms with E-state index in [-0.39, 0.29) is 0 Å². The van der Waals surface area contributed by atoms with Gasteiger partial charge < -0.3 is 11.1 Å². The van der Waals surface area contributed by atoms with Crippen LogP contribution in [0.4, 0.5) is 0 Å². The van der Waals surface area contributed by atoms with Gasteiger partial charge in [-0.25, -0.2) is 0 Å². The molecule has 3 N–H and O–H groups in total. The van der Waals surface area contributed by atoms with E-state index in [4.69, 9.17) is 5.73 Å². The lowest BCUT2D eigenvalue weighted by atomic mass is 10.2. The lowest BCUT2D eigenvalue weighted by molar-refractivity contribution is 0.627. The second kappa shape index (κ2) is 6.17. The Kier molecular flexibility index (Phi) is 5.15. The number of aliphatic imine (C=N–C) groups is 1. The van der Waals surface area contributed by atoms with Crippen molar-refractivity contribution in [2.45, 2.75) is 44.4 Å². The molecule has 0 bridgehead atoms. The molecule has 14 heavy (non-hydrogen) atoms. The van der Waals surface area contributed by atoms with E-state index in [0.717, 1.165) is 11.8 Å². The molecule has 82 valence electrons. The largest absolute Gasteiger partial charge is 0.370 e. The second-order valence-corrected chi connectivity index (χ2v) is 5.17. The Labute approximate surface area is 90.9 Å². The van der Waals surface area contributed by atoms with Gasteiger partial charge in [0.25, 0.3) is 0 Å². The van der Waals surface area contributed by atoms with Gasteiger partial charge in [-0.3, -0.25) is 4.99 Å². The van der Waals surface area contributed by atoms with Crippen LogP contribution in [0.2, 0.25) is 0 Å². The van der Waals surface area contributed by atoms with Crippen LogP contribution in [0.1, 0.15) is 33.1 Å². The van der Waals surface area contributed by atoms with Crippen molar-refractivity contribution in [3.05, 3.63) is 0 Å². The van der Waals surface area contributed by atoms with Crippen LogP contribution in [0.5, 0.6) is 0 Å². The molecule has 1 fully saturated rings. The predicted octanol–water partition coefficient (Wildman–Crippen LogP) is 1.58. The Balaban J connectivity index is 2.25. The van der Waals surface area contributed by atoms with E-state index in [1.54, 1.807) is 0 Å². The smallest absolute Gasteiger partial charge is 0.188 e. The zero-order valence-electron chi connectivity index (χ0n) is 9.12. The minimum absolute atomic E-state index is 0.550. The van der Waals surface area contributed by atoms with E-state index in [0.29, 0.717) is 12.0 Å². The van der Waals surface area contributed by atoms with Gasteiger partial charge in [-0.05, 0) is 31.9 Å². The van der Waals surface area contributed by atoms with Gasteiger partial charge in [0.15, 0.2) is 5.96 Å². The number of guanidine groups is 1. The number of rotatable bonds is 4. The highest BCUT2D eigenvalue weighted by Crippen LogP contribution is 2.29. The van der Waals surface area contributed by atoms with Crippen molar-refractivity contribution < 1.29 is 0 Å². The minimum Gasteiger partial charge on any atom is -0.370 e. The maximum Gasteiger partial charge on any atom is 0.188 e. The van der Waals surface area contributed by atoms with E-state index in [2.05, 4.69) is 29.0 Å². The third kappa shape index (κ3) is 3.78. The third-order valence-electron chi connectivity index (χ3n) is 2.47. The Hall–Kier alpha value is -0.380. The standard InChI is InChI=1S/C10H21N3S/c1-3-12-10(11)13-8-5-6-9(7-8)14-4-2/h8-9H,3-7H2,1-2H3,(H3,11,12,13). The first kappa shape index (κ1) is 11.7. The van der Waals surface area contributed by atoms with E-state index in [1.165, 1.54) is 25.0 Å². The lowest BCUT2D eigenvalue weighted by Crippen LogP contribution is -2.38. The van der Waals surface area contributed by atoms with E-state index in [1.807, 2.05) is 6.92 Å². The molecule has 2 atom stereocenters. The van der Waals surface area contributed by atoms with Gasteiger partial charge in [0, 0.05) is 17.8 Å². The van der Waals surface area contributed by atoms with Crippen LogP contribution in [-0.2, 0) is 0 Å². The monoisotopic (exact) mass is 215 g/mol. The molecule has 1 aliphatic rings. The first-order valence-electron chi connectivity index (χ1n) is 5.44. The molecule has 0 heterocycles. The molecule has 0 radical (unpaired) electrons. The van der Waals surface area contributed by atoms with Crippen molar-refractivity contribution in [2.75, 3.05) is 12.3 Å². The molecular weight excluding hydrogens is 194 g/mol. The molecule has 1 saturated carbocycles. The number of hydrogen-bond acceptors (Lipinski definition) is 2. The summed E-state index contributed by atoms with van der Waals surface area (Å²) in [5, 5.41) is 4.11.